The van der Waals surface area contributed by atoms with Crippen molar-refractivity contribution in [2.45, 2.75) is 25.2 Å². The first-order valence-electron chi connectivity index (χ1n) is 11.6. The summed E-state index contributed by atoms with van der Waals surface area (Å²) in [5.41, 5.74) is 2.26. The number of rotatable bonds is 5. The third kappa shape index (κ3) is 4.63. The molecule has 0 N–H and O–H groups in total. The molecule has 0 amide bonds. The van der Waals surface area contributed by atoms with Gasteiger partial charge in [-0.05, 0) is 48.4 Å². The number of piperazine rings is 1. The summed E-state index contributed by atoms with van der Waals surface area (Å²) in [7, 11) is -3.62. The summed E-state index contributed by atoms with van der Waals surface area (Å²) in [5.74, 6) is 1.13. The van der Waals surface area contributed by atoms with Crippen LogP contribution in [0.4, 0.5) is 10.2 Å². The summed E-state index contributed by atoms with van der Waals surface area (Å²) >= 11 is 0. The van der Waals surface area contributed by atoms with Crippen LogP contribution in [0.25, 0.3) is 10.8 Å². The van der Waals surface area contributed by atoms with E-state index >= 15 is 0 Å². The SMILES string of the molecule is Cc1nc(C)c(Cc2ccccc2F)c(N2CCN(S(=O)(=O)c3ccc4ccccc4c3)CC2)n1. The van der Waals surface area contributed by atoms with E-state index < -0.39 is 10.0 Å². The van der Waals surface area contributed by atoms with Crippen LogP contribution in [0.2, 0.25) is 0 Å². The van der Waals surface area contributed by atoms with Crippen molar-refractivity contribution >= 4 is 26.6 Å². The molecule has 35 heavy (non-hydrogen) atoms. The Kier molecular flexibility index (Phi) is 6.25. The third-order valence-electron chi connectivity index (χ3n) is 6.53. The van der Waals surface area contributed by atoms with E-state index in [0.717, 1.165) is 27.8 Å². The molecule has 1 aliphatic rings. The van der Waals surface area contributed by atoms with Gasteiger partial charge in [0.05, 0.1) is 4.90 Å². The smallest absolute Gasteiger partial charge is 0.243 e. The van der Waals surface area contributed by atoms with Crippen molar-refractivity contribution in [3.8, 4) is 0 Å². The van der Waals surface area contributed by atoms with Gasteiger partial charge in [0.2, 0.25) is 10.0 Å². The molecule has 0 atom stereocenters. The van der Waals surface area contributed by atoms with E-state index in [1.54, 1.807) is 24.3 Å². The molecule has 0 aliphatic carbocycles. The molecule has 8 heteroatoms. The minimum Gasteiger partial charge on any atom is -0.354 e. The van der Waals surface area contributed by atoms with Crippen molar-refractivity contribution in [3.63, 3.8) is 0 Å². The van der Waals surface area contributed by atoms with Gasteiger partial charge >= 0.3 is 0 Å². The Morgan fingerprint density at radius 2 is 1.54 bits per heavy atom. The van der Waals surface area contributed by atoms with E-state index in [2.05, 4.69) is 14.9 Å². The molecule has 3 aromatic carbocycles. The summed E-state index contributed by atoms with van der Waals surface area (Å²) in [6, 6.07) is 19.7. The molecule has 6 nitrogen and oxygen atoms in total. The van der Waals surface area contributed by atoms with Gasteiger partial charge in [-0.15, -0.1) is 0 Å². The number of hydrogen-bond acceptors (Lipinski definition) is 5. The molecule has 1 saturated heterocycles. The third-order valence-corrected chi connectivity index (χ3v) is 8.42. The van der Waals surface area contributed by atoms with E-state index in [0.29, 0.717) is 48.9 Å². The van der Waals surface area contributed by atoms with Crippen molar-refractivity contribution in [2.75, 3.05) is 31.1 Å². The van der Waals surface area contributed by atoms with Gasteiger partial charge in [-0.3, -0.25) is 0 Å². The normalized spacial score (nSPS) is 15.0. The maximum atomic E-state index is 14.4. The molecule has 180 valence electrons. The fourth-order valence-electron chi connectivity index (χ4n) is 4.64. The fourth-order valence-corrected chi connectivity index (χ4v) is 6.09. The van der Waals surface area contributed by atoms with E-state index in [1.165, 1.54) is 10.4 Å². The number of nitrogens with zero attached hydrogens (tertiary/aromatic N) is 4. The Morgan fingerprint density at radius 1 is 0.857 bits per heavy atom. The lowest BCUT2D eigenvalue weighted by Crippen LogP contribution is -2.49. The quantitative estimate of drug-likeness (QED) is 0.413. The molecule has 2 heterocycles. The number of sulfonamides is 1. The molecule has 0 spiro atoms. The second kappa shape index (κ2) is 9.36. The van der Waals surface area contributed by atoms with Crippen molar-refractivity contribution in [3.05, 3.63) is 95.2 Å². The largest absolute Gasteiger partial charge is 0.354 e. The number of anilines is 1. The average Bonchev–Trinajstić information content (AvgIpc) is 2.86. The summed E-state index contributed by atoms with van der Waals surface area (Å²) in [4.78, 5) is 11.6. The van der Waals surface area contributed by atoms with Gasteiger partial charge in [0.15, 0.2) is 0 Å². The number of aryl methyl sites for hydroxylation is 2. The highest BCUT2D eigenvalue weighted by Crippen LogP contribution is 2.28. The Morgan fingerprint density at radius 3 is 2.29 bits per heavy atom. The zero-order valence-corrected chi connectivity index (χ0v) is 20.6. The Bertz CT molecular complexity index is 1500. The van der Waals surface area contributed by atoms with Crippen molar-refractivity contribution in [1.29, 1.82) is 0 Å². The van der Waals surface area contributed by atoms with Crippen molar-refractivity contribution in [2.24, 2.45) is 0 Å². The van der Waals surface area contributed by atoms with Gasteiger partial charge in [0.1, 0.15) is 17.5 Å². The van der Waals surface area contributed by atoms with Crippen LogP contribution in [0.5, 0.6) is 0 Å². The van der Waals surface area contributed by atoms with Crippen molar-refractivity contribution in [1.82, 2.24) is 14.3 Å². The van der Waals surface area contributed by atoms with Crippen LogP contribution in [0.3, 0.4) is 0 Å². The van der Waals surface area contributed by atoms with Crippen LogP contribution in [0.1, 0.15) is 22.6 Å². The van der Waals surface area contributed by atoms with Crippen LogP contribution >= 0.6 is 0 Å². The lowest BCUT2D eigenvalue weighted by Gasteiger charge is -2.36. The van der Waals surface area contributed by atoms with Gasteiger partial charge < -0.3 is 4.90 Å². The molecule has 5 rings (SSSR count). The second-order valence-corrected chi connectivity index (χ2v) is 10.8. The van der Waals surface area contributed by atoms with Gasteiger partial charge in [-0.25, -0.2) is 22.8 Å². The van der Waals surface area contributed by atoms with Gasteiger partial charge in [0, 0.05) is 43.9 Å². The fraction of sp³-hybridized carbons (Fsp3) is 0.259. The summed E-state index contributed by atoms with van der Waals surface area (Å²) < 4.78 is 42.6. The first-order valence-corrected chi connectivity index (χ1v) is 13.1. The van der Waals surface area contributed by atoms with Gasteiger partial charge in [-0.1, -0.05) is 48.5 Å². The van der Waals surface area contributed by atoms with E-state index in [9.17, 15) is 12.8 Å². The molecular weight excluding hydrogens is 463 g/mol. The molecule has 0 bridgehead atoms. The molecule has 1 aliphatic heterocycles. The zero-order valence-electron chi connectivity index (χ0n) is 19.8. The highest BCUT2D eigenvalue weighted by molar-refractivity contribution is 7.89. The second-order valence-electron chi connectivity index (χ2n) is 8.83. The lowest BCUT2D eigenvalue weighted by atomic mass is 10.0. The minimum absolute atomic E-state index is 0.260. The Balaban J connectivity index is 1.38. The first kappa shape index (κ1) is 23.4. The highest BCUT2D eigenvalue weighted by atomic mass is 32.2. The molecule has 1 fully saturated rings. The zero-order chi connectivity index (χ0) is 24.6. The monoisotopic (exact) mass is 490 g/mol. The standard InChI is InChI=1S/C27H27FN4O2S/c1-19-25(18-23-9-5-6-10-26(23)28)27(30-20(2)29-19)31-13-15-32(16-14-31)35(33,34)24-12-11-21-7-3-4-8-22(21)17-24/h3-12,17H,13-16,18H2,1-2H3. The number of aromatic nitrogens is 2. The van der Waals surface area contributed by atoms with Crippen LogP contribution in [0, 0.1) is 19.7 Å². The number of halogens is 1. The van der Waals surface area contributed by atoms with Gasteiger partial charge in [-0.2, -0.15) is 4.31 Å². The van der Waals surface area contributed by atoms with Crippen LogP contribution in [-0.2, 0) is 16.4 Å². The van der Waals surface area contributed by atoms with E-state index in [1.807, 2.05) is 50.2 Å². The molecule has 0 radical (unpaired) electrons. The molecule has 4 aromatic rings. The molecule has 0 unspecified atom stereocenters. The van der Waals surface area contributed by atoms with Gasteiger partial charge in [0.25, 0.3) is 0 Å². The van der Waals surface area contributed by atoms with Crippen LogP contribution < -0.4 is 4.90 Å². The Labute approximate surface area is 205 Å². The predicted molar refractivity (Wildman–Crippen MR) is 136 cm³/mol. The topological polar surface area (TPSA) is 66.4 Å². The predicted octanol–water partition coefficient (Wildman–Crippen LogP) is 4.49. The summed E-state index contributed by atoms with van der Waals surface area (Å²) in [6.07, 6.45) is 0.379. The maximum Gasteiger partial charge on any atom is 0.243 e. The van der Waals surface area contributed by atoms with Crippen molar-refractivity contribution < 1.29 is 12.8 Å². The number of benzene rings is 3. The first-order chi connectivity index (χ1) is 16.8. The van der Waals surface area contributed by atoms with Crippen LogP contribution in [0.15, 0.2) is 71.6 Å². The number of hydrogen-bond donors (Lipinski definition) is 0. The average molecular weight is 491 g/mol. The summed E-state index contributed by atoms with van der Waals surface area (Å²) in [5, 5.41) is 1.91. The minimum atomic E-state index is -3.62. The summed E-state index contributed by atoms with van der Waals surface area (Å²) in [6.45, 7) is 5.42. The Hall–Kier alpha value is -3.36. The van der Waals surface area contributed by atoms with E-state index in [4.69, 9.17) is 0 Å². The van der Waals surface area contributed by atoms with E-state index in [-0.39, 0.29) is 5.82 Å². The molecule has 1 aromatic heterocycles. The number of fused-ring (bicyclic) bond motifs is 1. The highest BCUT2D eigenvalue weighted by Gasteiger charge is 2.30. The molecular formula is C27H27FN4O2S. The molecule has 0 saturated carbocycles. The maximum absolute atomic E-state index is 14.4. The van der Waals surface area contributed by atoms with Crippen LogP contribution in [-0.4, -0.2) is 48.9 Å². The lowest BCUT2D eigenvalue weighted by molar-refractivity contribution is 0.383.